The summed E-state index contributed by atoms with van der Waals surface area (Å²) in [5.41, 5.74) is 2.14. The Balaban J connectivity index is 1.48. The number of amides is 1. The van der Waals surface area contributed by atoms with Crippen LogP contribution in [0.15, 0.2) is 59.6 Å². The third-order valence-electron chi connectivity index (χ3n) is 5.16. The summed E-state index contributed by atoms with van der Waals surface area (Å²) in [4.78, 5) is 17.1. The first-order chi connectivity index (χ1) is 14.2. The lowest BCUT2D eigenvalue weighted by Gasteiger charge is -2.16. The van der Waals surface area contributed by atoms with E-state index < -0.39 is 0 Å². The summed E-state index contributed by atoms with van der Waals surface area (Å²) in [6.07, 6.45) is 2.35. The van der Waals surface area contributed by atoms with Gasteiger partial charge in [-0.05, 0) is 43.5 Å². The summed E-state index contributed by atoms with van der Waals surface area (Å²) in [5.74, 6) is 1.34. The Morgan fingerprint density at radius 1 is 1.03 bits per heavy atom. The maximum Gasteiger partial charge on any atom is 0.251 e. The smallest absolute Gasteiger partial charge is 0.251 e. The standard InChI is InChI=1S/C23H30N4O2/c1-3-24-22(27-17-23(12-13-23)19-9-5-4-6-10-19)26-15-14-25-21(28)18-8-7-11-20(16-18)29-2/h4-11,16H,3,12-15,17H2,1-2H3,(H,25,28)(H2,24,26,27). The molecule has 6 heteroatoms. The van der Waals surface area contributed by atoms with Gasteiger partial charge in [0.2, 0.25) is 0 Å². The minimum absolute atomic E-state index is 0.117. The van der Waals surface area contributed by atoms with Crippen LogP contribution in [0, 0.1) is 0 Å². The van der Waals surface area contributed by atoms with Crippen molar-refractivity contribution in [2.24, 2.45) is 4.99 Å². The van der Waals surface area contributed by atoms with Crippen molar-refractivity contribution in [1.82, 2.24) is 16.0 Å². The van der Waals surface area contributed by atoms with Crippen molar-refractivity contribution in [3.05, 3.63) is 65.7 Å². The van der Waals surface area contributed by atoms with E-state index in [0.29, 0.717) is 24.4 Å². The lowest BCUT2D eigenvalue weighted by atomic mass is 9.96. The number of carbonyl (C=O) groups excluding carboxylic acids is 1. The van der Waals surface area contributed by atoms with Gasteiger partial charge in [0, 0.05) is 30.6 Å². The highest BCUT2D eigenvalue weighted by Crippen LogP contribution is 2.48. The Kier molecular flexibility index (Phi) is 7.11. The second-order valence-electron chi connectivity index (χ2n) is 7.26. The van der Waals surface area contributed by atoms with E-state index in [9.17, 15) is 4.79 Å². The fraction of sp³-hybridized carbons (Fsp3) is 0.391. The van der Waals surface area contributed by atoms with Crippen LogP contribution in [-0.4, -0.2) is 45.2 Å². The van der Waals surface area contributed by atoms with Crippen LogP contribution >= 0.6 is 0 Å². The van der Waals surface area contributed by atoms with Gasteiger partial charge in [0.05, 0.1) is 13.7 Å². The van der Waals surface area contributed by atoms with Crippen LogP contribution in [0.1, 0.15) is 35.7 Å². The largest absolute Gasteiger partial charge is 0.497 e. The van der Waals surface area contributed by atoms with Gasteiger partial charge in [0.15, 0.2) is 5.96 Å². The minimum atomic E-state index is -0.117. The fourth-order valence-electron chi connectivity index (χ4n) is 3.28. The molecule has 0 heterocycles. The Labute approximate surface area is 172 Å². The third-order valence-corrected chi connectivity index (χ3v) is 5.16. The third kappa shape index (κ3) is 5.73. The van der Waals surface area contributed by atoms with Crippen molar-refractivity contribution in [2.75, 3.05) is 33.3 Å². The van der Waals surface area contributed by atoms with Crippen molar-refractivity contribution >= 4 is 11.9 Å². The molecular weight excluding hydrogens is 364 g/mol. The molecule has 29 heavy (non-hydrogen) atoms. The van der Waals surface area contributed by atoms with E-state index in [1.165, 1.54) is 18.4 Å². The molecule has 0 bridgehead atoms. The van der Waals surface area contributed by atoms with Crippen LogP contribution in [0.25, 0.3) is 0 Å². The van der Waals surface area contributed by atoms with E-state index in [4.69, 9.17) is 9.73 Å². The van der Waals surface area contributed by atoms with Gasteiger partial charge in [-0.2, -0.15) is 0 Å². The van der Waals surface area contributed by atoms with Gasteiger partial charge in [0.1, 0.15) is 5.75 Å². The van der Waals surface area contributed by atoms with Crippen LogP contribution < -0.4 is 20.7 Å². The summed E-state index contributed by atoms with van der Waals surface area (Å²) in [7, 11) is 1.59. The van der Waals surface area contributed by atoms with Crippen molar-refractivity contribution < 1.29 is 9.53 Å². The highest BCUT2D eigenvalue weighted by Gasteiger charge is 2.43. The molecule has 2 aromatic carbocycles. The van der Waals surface area contributed by atoms with Crippen LogP contribution in [0.5, 0.6) is 5.75 Å². The first-order valence-electron chi connectivity index (χ1n) is 10.2. The van der Waals surface area contributed by atoms with Crippen molar-refractivity contribution in [1.29, 1.82) is 0 Å². The highest BCUT2D eigenvalue weighted by molar-refractivity contribution is 5.94. The highest BCUT2D eigenvalue weighted by atomic mass is 16.5. The molecule has 0 unspecified atom stereocenters. The van der Waals surface area contributed by atoms with Crippen LogP contribution in [0.2, 0.25) is 0 Å². The van der Waals surface area contributed by atoms with Gasteiger partial charge in [-0.1, -0.05) is 36.4 Å². The molecule has 0 radical (unpaired) electrons. The summed E-state index contributed by atoms with van der Waals surface area (Å²) >= 11 is 0. The molecule has 1 aliphatic carbocycles. The van der Waals surface area contributed by atoms with Gasteiger partial charge in [-0.3, -0.25) is 9.79 Å². The molecule has 6 nitrogen and oxygen atoms in total. The van der Waals surface area contributed by atoms with E-state index in [1.54, 1.807) is 19.2 Å². The number of ether oxygens (including phenoxy) is 1. The van der Waals surface area contributed by atoms with Gasteiger partial charge in [0.25, 0.3) is 5.91 Å². The molecule has 0 spiro atoms. The fourth-order valence-corrected chi connectivity index (χ4v) is 3.28. The number of hydrogen-bond acceptors (Lipinski definition) is 3. The SMILES string of the molecule is CCNC(=NCC1(c2ccccc2)CC1)NCCNC(=O)c1cccc(OC)c1. The Bertz CT molecular complexity index is 832. The molecule has 1 saturated carbocycles. The second kappa shape index (κ2) is 9.96. The number of nitrogens with zero attached hydrogens (tertiary/aromatic N) is 1. The zero-order chi connectivity index (χ0) is 20.5. The van der Waals surface area contributed by atoms with Gasteiger partial charge >= 0.3 is 0 Å². The van der Waals surface area contributed by atoms with Gasteiger partial charge < -0.3 is 20.7 Å². The zero-order valence-corrected chi connectivity index (χ0v) is 17.2. The van der Waals surface area contributed by atoms with E-state index in [1.807, 2.05) is 25.1 Å². The molecule has 0 saturated heterocycles. The summed E-state index contributed by atoms with van der Waals surface area (Å²) in [5, 5.41) is 9.50. The number of rotatable bonds is 9. The first kappa shape index (κ1) is 20.7. The predicted octanol–water partition coefficient (Wildman–Crippen LogP) is 2.71. The number of nitrogens with one attached hydrogen (secondary N) is 3. The number of guanidine groups is 1. The minimum Gasteiger partial charge on any atom is -0.497 e. The molecule has 1 fully saturated rings. The molecule has 2 aromatic rings. The van der Waals surface area contributed by atoms with E-state index >= 15 is 0 Å². The number of hydrogen-bond donors (Lipinski definition) is 3. The normalized spacial score (nSPS) is 14.8. The number of benzene rings is 2. The van der Waals surface area contributed by atoms with Gasteiger partial charge in [-0.25, -0.2) is 0 Å². The van der Waals surface area contributed by atoms with Crippen molar-refractivity contribution in [2.45, 2.75) is 25.2 Å². The second-order valence-corrected chi connectivity index (χ2v) is 7.26. The lowest BCUT2D eigenvalue weighted by Crippen LogP contribution is -2.42. The number of aliphatic imine (C=N–C) groups is 1. The first-order valence-corrected chi connectivity index (χ1v) is 10.2. The van der Waals surface area contributed by atoms with Crippen molar-refractivity contribution in [3.63, 3.8) is 0 Å². The van der Waals surface area contributed by atoms with Crippen LogP contribution in [0.3, 0.4) is 0 Å². The van der Waals surface area contributed by atoms with E-state index in [2.05, 4.69) is 40.2 Å². The zero-order valence-electron chi connectivity index (χ0n) is 17.2. The van der Waals surface area contributed by atoms with Crippen LogP contribution in [-0.2, 0) is 5.41 Å². The molecule has 154 valence electrons. The lowest BCUT2D eigenvalue weighted by molar-refractivity contribution is 0.0954. The topological polar surface area (TPSA) is 74.8 Å². The molecule has 3 N–H and O–H groups in total. The average Bonchev–Trinajstić information content (AvgIpc) is 3.56. The Morgan fingerprint density at radius 3 is 2.48 bits per heavy atom. The maximum absolute atomic E-state index is 12.3. The van der Waals surface area contributed by atoms with E-state index in [0.717, 1.165) is 19.0 Å². The van der Waals surface area contributed by atoms with Gasteiger partial charge in [-0.15, -0.1) is 0 Å². The molecule has 3 rings (SSSR count). The Hall–Kier alpha value is -3.02. The molecule has 1 amide bonds. The number of carbonyl (C=O) groups is 1. The summed E-state index contributed by atoms with van der Waals surface area (Å²) < 4.78 is 5.16. The average molecular weight is 395 g/mol. The quantitative estimate of drug-likeness (QED) is 0.347. The molecule has 0 aromatic heterocycles. The monoisotopic (exact) mass is 394 g/mol. The van der Waals surface area contributed by atoms with Crippen molar-refractivity contribution in [3.8, 4) is 5.75 Å². The number of methoxy groups -OCH3 is 1. The predicted molar refractivity (Wildman–Crippen MR) is 117 cm³/mol. The Morgan fingerprint density at radius 2 is 1.79 bits per heavy atom. The molecular formula is C23H30N4O2. The van der Waals surface area contributed by atoms with E-state index in [-0.39, 0.29) is 11.3 Å². The van der Waals surface area contributed by atoms with Crippen LogP contribution in [0.4, 0.5) is 0 Å². The molecule has 1 aliphatic rings. The summed E-state index contributed by atoms with van der Waals surface area (Å²) in [6.45, 7) is 4.71. The summed E-state index contributed by atoms with van der Waals surface area (Å²) in [6, 6.07) is 17.7. The molecule has 0 atom stereocenters. The maximum atomic E-state index is 12.3. The molecule has 0 aliphatic heterocycles.